The summed E-state index contributed by atoms with van der Waals surface area (Å²) in [6, 6.07) is 11.5. The van der Waals surface area contributed by atoms with Gasteiger partial charge in [-0.1, -0.05) is 23.7 Å². The molecular formula is C20H24ClN3O2. The van der Waals surface area contributed by atoms with Gasteiger partial charge in [-0.2, -0.15) is 0 Å². The molecule has 1 aliphatic heterocycles. The number of nitrogens with one attached hydrogen (secondary N) is 1. The third-order valence-electron chi connectivity index (χ3n) is 4.68. The zero-order valence-corrected chi connectivity index (χ0v) is 16.1. The van der Waals surface area contributed by atoms with E-state index in [0.29, 0.717) is 29.5 Å². The average molecular weight is 374 g/mol. The van der Waals surface area contributed by atoms with Crippen molar-refractivity contribution in [1.29, 1.82) is 0 Å². The number of urea groups is 1. The molecular weight excluding hydrogens is 350 g/mol. The fourth-order valence-corrected chi connectivity index (χ4v) is 3.35. The van der Waals surface area contributed by atoms with E-state index in [-0.39, 0.29) is 6.03 Å². The molecule has 1 N–H and O–H groups in total. The third kappa shape index (κ3) is 4.05. The van der Waals surface area contributed by atoms with Crippen LogP contribution < -0.4 is 15.0 Å². The lowest BCUT2D eigenvalue weighted by atomic mass is 10.1. The van der Waals surface area contributed by atoms with Gasteiger partial charge in [0.25, 0.3) is 0 Å². The Morgan fingerprint density at radius 1 is 1.08 bits per heavy atom. The number of rotatable bonds is 3. The van der Waals surface area contributed by atoms with Crippen LogP contribution in [-0.4, -0.2) is 44.2 Å². The van der Waals surface area contributed by atoms with Crippen molar-refractivity contribution in [2.45, 2.75) is 13.8 Å². The van der Waals surface area contributed by atoms with E-state index in [1.165, 1.54) is 16.8 Å². The number of hydrogen-bond donors (Lipinski definition) is 1. The molecule has 0 radical (unpaired) electrons. The highest BCUT2D eigenvalue weighted by Gasteiger charge is 2.23. The maximum absolute atomic E-state index is 12.6. The van der Waals surface area contributed by atoms with E-state index in [1.807, 2.05) is 4.90 Å². The molecule has 1 fully saturated rings. The van der Waals surface area contributed by atoms with Gasteiger partial charge in [-0.25, -0.2) is 4.79 Å². The molecule has 0 aromatic heterocycles. The number of piperazine rings is 1. The maximum atomic E-state index is 12.6. The topological polar surface area (TPSA) is 44.8 Å². The molecule has 1 heterocycles. The van der Waals surface area contributed by atoms with Crippen molar-refractivity contribution in [3.05, 3.63) is 52.5 Å². The Balaban J connectivity index is 1.64. The summed E-state index contributed by atoms with van der Waals surface area (Å²) in [5.41, 5.74) is 4.35. The Morgan fingerprint density at radius 3 is 2.50 bits per heavy atom. The standard InChI is InChI=1S/C20H24ClN3O2/c1-14-4-5-15(2)18(12-14)23-8-10-24(11-9-23)20(25)22-17-13-16(21)6-7-19(17)26-3/h4-7,12-13H,8-11H2,1-3H3,(H,22,25). The number of carbonyl (C=O) groups is 1. The van der Waals surface area contributed by atoms with Gasteiger partial charge in [-0.3, -0.25) is 0 Å². The SMILES string of the molecule is COc1ccc(Cl)cc1NC(=O)N1CCN(c2cc(C)ccc2C)CC1. The lowest BCUT2D eigenvalue weighted by molar-refractivity contribution is 0.208. The average Bonchev–Trinajstić information content (AvgIpc) is 2.64. The lowest BCUT2D eigenvalue weighted by Crippen LogP contribution is -2.50. The molecule has 1 saturated heterocycles. The van der Waals surface area contributed by atoms with Crippen LogP contribution >= 0.6 is 11.6 Å². The van der Waals surface area contributed by atoms with Crippen LogP contribution in [0.4, 0.5) is 16.2 Å². The Morgan fingerprint density at radius 2 is 1.81 bits per heavy atom. The van der Waals surface area contributed by atoms with Crippen LogP contribution in [0.15, 0.2) is 36.4 Å². The van der Waals surface area contributed by atoms with Crippen LogP contribution in [0.1, 0.15) is 11.1 Å². The van der Waals surface area contributed by atoms with E-state index < -0.39 is 0 Å². The van der Waals surface area contributed by atoms with Crippen molar-refractivity contribution in [3.8, 4) is 5.75 Å². The first-order valence-corrected chi connectivity index (χ1v) is 9.07. The van der Waals surface area contributed by atoms with E-state index in [2.05, 4.69) is 42.3 Å². The first kappa shape index (κ1) is 18.4. The molecule has 0 saturated carbocycles. The first-order chi connectivity index (χ1) is 12.5. The summed E-state index contributed by atoms with van der Waals surface area (Å²) in [6.07, 6.45) is 0. The number of hydrogen-bond acceptors (Lipinski definition) is 3. The highest BCUT2D eigenvalue weighted by Crippen LogP contribution is 2.28. The van der Waals surface area contributed by atoms with Gasteiger partial charge in [-0.05, 0) is 49.2 Å². The van der Waals surface area contributed by atoms with Crippen LogP contribution in [0.5, 0.6) is 5.75 Å². The van der Waals surface area contributed by atoms with Crippen molar-refractivity contribution in [2.75, 3.05) is 43.5 Å². The predicted molar refractivity (Wildman–Crippen MR) is 107 cm³/mol. The summed E-state index contributed by atoms with van der Waals surface area (Å²) < 4.78 is 5.29. The number of amides is 2. The molecule has 6 heteroatoms. The normalized spacial score (nSPS) is 14.3. The Hall–Kier alpha value is -2.40. The van der Waals surface area contributed by atoms with Crippen molar-refractivity contribution in [3.63, 3.8) is 0 Å². The Labute approximate surface area is 159 Å². The zero-order chi connectivity index (χ0) is 18.7. The van der Waals surface area contributed by atoms with E-state index >= 15 is 0 Å². The molecule has 3 rings (SSSR count). The molecule has 5 nitrogen and oxygen atoms in total. The van der Waals surface area contributed by atoms with E-state index in [1.54, 1.807) is 25.3 Å². The molecule has 0 atom stereocenters. The maximum Gasteiger partial charge on any atom is 0.322 e. The second-order valence-electron chi connectivity index (χ2n) is 6.54. The molecule has 2 amide bonds. The van der Waals surface area contributed by atoms with E-state index in [4.69, 9.17) is 16.3 Å². The highest BCUT2D eigenvalue weighted by atomic mass is 35.5. The van der Waals surface area contributed by atoms with E-state index in [0.717, 1.165) is 13.1 Å². The van der Waals surface area contributed by atoms with E-state index in [9.17, 15) is 4.79 Å². The number of methoxy groups -OCH3 is 1. The summed E-state index contributed by atoms with van der Waals surface area (Å²) in [5, 5.41) is 3.46. The van der Waals surface area contributed by atoms with Crippen LogP contribution in [0, 0.1) is 13.8 Å². The molecule has 1 aliphatic rings. The Bertz CT molecular complexity index is 802. The highest BCUT2D eigenvalue weighted by molar-refractivity contribution is 6.31. The van der Waals surface area contributed by atoms with Gasteiger partial charge in [0.05, 0.1) is 12.8 Å². The minimum absolute atomic E-state index is 0.133. The van der Waals surface area contributed by atoms with Gasteiger partial charge < -0.3 is 19.9 Å². The van der Waals surface area contributed by atoms with Crippen LogP contribution in [0.3, 0.4) is 0 Å². The fourth-order valence-electron chi connectivity index (χ4n) is 3.18. The Kier molecular flexibility index (Phi) is 5.57. The monoisotopic (exact) mass is 373 g/mol. The molecule has 26 heavy (non-hydrogen) atoms. The predicted octanol–water partition coefficient (Wildman–Crippen LogP) is 4.32. The number of carbonyl (C=O) groups excluding carboxylic acids is 1. The summed E-state index contributed by atoms with van der Waals surface area (Å²) in [7, 11) is 1.57. The number of nitrogens with zero attached hydrogens (tertiary/aromatic N) is 2. The lowest BCUT2D eigenvalue weighted by Gasteiger charge is -2.37. The molecule has 138 valence electrons. The van der Waals surface area contributed by atoms with Crippen LogP contribution in [-0.2, 0) is 0 Å². The number of benzene rings is 2. The quantitative estimate of drug-likeness (QED) is 0.871. The van der Waals surface area contributed by atoms with Gasteiger partial charge in [-0.15, -0.1) is 0 Å². The summed E-state index contributed by atoms with van der Waals surface area (Å²) >= 11 is 6.03. The minimum Gasteiger partial charge on any atom is -0.495 e. The molecule has 0 unspecified atom stereocenters. The van der Waals surface area contributed by atoms with Gasteiger partial charge in [0.2, 0.25) is 0 Å². The second kappa shape index (κ2) is 7.87. The van der Waals surface area contributed by atoms with Crippen molar-refractivity contribution < 1.29 is 9.53 Å². The number of anilines is 2. The number of aryl methyl sites for hydroxylation is 2. The van der Waals surface area contributed by atoms with Gasteiger partial charge in [0.15, 0.2) is 0 Å². The molecule has 2 aromatic carbocycles. The van der Waals surface area contributed by atoms with Gasteiger partial charge in [0.1, 0.15) is 5.75 Å². The van der Waals surface area contributed by atoms with Crippen molar-refractivity contribution in [2.24, 2.45) is 0 Å². The van der Waals surface area contributed by atoms with Gasteiger partial charge in [0, 0.05) is 36.9 Å². The largest absolute Gasteiger partial charge is 0.495 e. The second-order valence-corrected chi connectivity index (χ2v) is 6.98. The minimum atomic E-state index is -0.133. The molecule has 0 spiro atoms. The first-order valence-electron chi connectivity index (χ1n) is 8.69. The van der Waals surface area contributed by atoms with Crippen LogP contribution in [0.25, 0.3) is 0 Å². The van der Waals surface area contributed by atoms with Gasteiger partial charge >= 0.3 is 6.03 Å². The van der Waals surface area contributed by atoms with Crippen molar-refractivity contribution >= 4 is 29.0 Å². The number of halogens is 1. The fraction of sp³-hybridized carbons (Fsp3) is 0.350. The van der Waals surface area contributed by atoms with Crippen molar-refractivity contribution in [1.82, 2.24) is 4.90 Å². The third-order valence-corrected chi connectivity index (χ3v) is 4.91. The molecule has 0 aliphatic carbocycles. The number of ether oxygens (including phenoxy) is 1. The summed E-state index contributed by atoms with van der Waals surface area (Å²) in [6.45, 7) is 7.18. The molecule has 0 bridgehead atoms. The summed E-state index contributed by atoms with van der Waals surface area (Å²) in [5.74, 6) is 0.594. The summed E-state index contributed by atoms with van der Waals surface area (Å²) in [4.78, 5) is 16.8. The molecule has 2 aromatic rings. The van der Waals surface area contributed by atoms with Crippen LogP contribution in [0.2, 0.25) is 5.02 Å². The zero-order valence-electron chi connectivity index (χ0n) is 15.4. The smallest absolute Gasteiger partial charge is 0.322 e.